The lowest BCUT2D eigenvalue weighted by Gasteiger charge is -2.29. The molecule has 3 amide bonds. The number of para-hydroxylation sites is 1. The second-order valence-electron chi connectivity index (χ2n) is 8.35. The van der Waals surface area contributed by atoms with Crippen LogP contribution in [0, 0.1) is 5.92 Å². The average molecular weight is 420 g/mol. The smallest absolute Gasteiger partial charge is 0.258 e. The van der Waals surface area contributed by atoms with Crippen molar-refractivity contribution in [1.82, 2.24) is 4.90 Å². The number of hydrogen-bond donors (Lipinski definition) is 1. The first-order valence-corrected chi connectivity index (χ1v) is 11.1. The molecule has 0 radical (unpaired) electrons. The molecule has 6 nitrogen and oxygen atoms in total. The fourth-order valence-electron chi connectivity index (χ4n) is 4.35. The minimum Gasteiger partial charge on any atom is -0.342 e. The van der Waals surface area contributed by atoms with Gasteiger partial charge in [-0.15, -0.1) is 0 Å². The molecule has 1 fully saturated rings. The molecule has 2 aliphatic rings. The van der Waals surface area contributed by atoms with Crippen molar-refractivity contribution in [2.75, 3.05) is 29.9 Å². The summed E-state index contributed by atoms with van der Waals surface area (Å²) in [6, 6.07) is 15.0. The van der Waals surface area contributed by atoms with Gasteiger partial charge >= 0.3 is 0 Å². The highest BCUT2D eigenvalue weighted by Gasteiger charge is 2.33. The Morgan fingerprint density at radius 3 is 2.65 bits per heavy atom. The van der Waals surface area contributed by atoms with Gasteiger partial charge in [0.1, 0.15) is 0 Å². The summed E-state index contributed by atoms with van der Waals surface area (Å²) >= 11 is 0. The lowest BCUT2D eigenvalue weighted by Crippen LogP contribution is -2.35. The van der Waals surface area contributed by atoms with E-state index in [0.717, 1.165) is 37.9 Å². The summed E-state index contributed by atoms with van der Waals surface area (Å²) in [5.41, 5.74) is 3.41. The molecule has 6 heteroatoms. The molecule has 0 bridgehead atoms. The van der Waals surface area contributed by atoms with Crippen LogP contribution in [0.2, 0.25) is 0 Å². The van der Waals surface area contributed by atoms with Crippen molar-refractivity contribution < 1.29 is 14.4 Å². The molecule has 162 valence electrons. The Morgan fingerprint density at radius 2 is 1.87 bits per heavy atom. The van der Waals surface area contributed by atoms with Crippen molar-refractivity contribution in [1.29, 1.82) is 0 Å². The van der Waals surface area contributed by atoms with Gasteiger partial charge in [0.2, 0.25) is 11.8 Å². The Morgan fingerprint density at radius 1 is 1.10 bits per heavy atom. The van der Waals surface area contributed by atoms with Crippen molar-refractivity contribution in [3.8, 4) is 0 Å². The molecule has 0 spiro atoms. The number of unbranched alkanes of at least 4 members (excludes halogenated alkanes) is 1. The summed E-state index contributed by atoms with van der Waals surface area (Å²) in [4.78, 5) is 41.4. The van der Waals surface area contributed by atoms with Gasteiger partial charge in [0.25, 0.3) is 5.91 Å². The van der Waals surface area contributed by atoms with Crippen molar-refractivity contribution in [3.05, 3.63) is 59.7 Å². The van der Waals surface area contributed by atoms with Crippen molar-refractivity contribution >= 4 is 29.1 Å². The number of fused-ring (bicyclic) bond motifs is 1. The molecule has 2 aromatic carbocycles. The molecule has 2 aliphatic heterocycles. The number of anilines is 2. The molecular weight excluding hydrogens is 390 g/mol. The molecule has 0 saturated carbocycles. The second kappa shape index (κ2) is 9.33. The predicted molar refractivity (Wildman–Crippen MR) is 121 cm³/mol. The van der Waals surface area contributed by atoms with Crippen molar-refractivity contribution in [2.24, 2.45) is 5.92 Å². The Kier molecular flexibility index (Phi) is 6.35. The van der Waals surface area contributed by atoms with E-state index in [1.54, 1.807) is 29.2 Å². The van der Waals surface area contributed by atoms with Gasteiger partial charge in [-0.25, -0.2) is 0 Å². The fourth-order valence-corrected chi connectivity index (χ4v) is 4.35. The molecule has 4 rings (SSSR count). The van der Waals surface area contributed by atoms with Gasteiger partial charge in [-0.05, 0) is 55.2 Å². The largest absolute Gasteiger partial charge is 0.342 e. The summed E-state index contributed by atoms with van der Waals surface area (Å²) in [6.45, 7) is 3.99. The third kappa shape index (κ3) is 4.63. The fraction of sp³-hybridized carbons (Fsp3) is 0.400. The number of carbonyl (C=O) groups excluding carboxylic acids is 3. The van der Waals surface area contributed by atoms with E-state index in [1.807, 2.05) is 23.1 Å². The number of carbonyl (C=O) groups is 3. The predicted octanol–water partition coefficient (Wildman–Crippen LogP) is 3.87. The molecular formula is C25H29N3O3. The number of aryl methyl sites for hydroxylation is 1. The van der Waals surface area contributed by atoms with E-state index in [-0.39, 0.29) is 30.1 Å². The van der Waals surface area contributed by atoms with Gasteiger partial charge in [-0.3, -0.25) is 14.4 Å². The van der Waals surface area contributed by atoms with Gasteiger partial charge in [-0.1, -0.05) is 31.5 Å². The maximum Gasteiger partial charge on any atom is 0.258 e. The van der Waals surface area contributed by atoms with Gasteiger partial charge < -0.3 is 15.1 Å². The van der Waals surface area contributed by atoms with E-state index in [4.69, 9.17) is 0 Å². The Hall–Kier alpha value is -3.15. The summed E-state index contributed by atoms with van der Waals surface area (Å²) < 4.78 is 0. The zero-order valence-corrected chi connectivity index (χ0v) is 18.0. The van der Waals surface area contributed by atoms with E-state index in [1.165, 1.54) is 5.56 Å². The number of nitrogens with zero attached hydrogens (tertiary/aromatic N) is 2. The van der Waals surface area contributed by atoms with Crippen LogP contribution in [0.4, 0.5) is 11.4 Å². The molecule has 31 heavy (non-hydrogen) atoms. The third-order valence-electron chi connectivity index (χ3n) is 6.12. The number of amides is 3. The van der Waals surface area contributed by atoms with Crippen LogP contribution in [0.25, 0.3) is 0 Å². The van der Waals surface area contributed by atoms with Crippen molar-refractivity contribution in [3.63, 3.8) is 0 Å². The van der Waals surface area contributed by atoms with E-state index in [0.29, 0.717) is 24.3 Å². The van der Waals surface area contributed by atoms with E-state index < -0.39 is 0 Å². The normalized spacial score (nSPS) is 18.1. The quantitative estimate of drug-likeness (QED) is 0.773. The SMILES string of the molecule is CCCCN1CC(C(=O)Nc2ccc(C(=O)N3CCCc4ccccc43)cc2)CC1=O. The first-order chi connectivity index (χ1) is 15.1. The summed E-state index contributed by atoms with van der Waals surface area (Å²) in [5.74, 6) is -0.443. The van der Waals surface area contributed by atoms with Crippen LogP contribution in [0.5, 0.6) is 0 Å². The third-order valence-corrected chi connectivity index (χ3v) is 6.12. The summed E-state index contributed by atoms with van der Waals surface area (Å²) in [7, 11) is 0. The van der Waals surface area contributed by atoms with E-state index >= 15 is 0 Å². The molecule has 1 N–H and O–H groups in total. The standard InChI is InChI=1S/C25H29N3O3/c1-2-3-14-27-17-20(16-23(27)29)24(30)26-21-12-10-19(11-13-21)25(31)28-15-6-8-18-7-4-5-9-22(18)28/h4-5,7,9-13,20H,2-3,6,8,14-17H2,1H3,(H,26,30). The maximum absolute atomic E-state index is 13.1. The molecule has 0 aliphatic carbocycles. The summed E-state index contributed by atoms with van der Waals surface area (Å²) in [6.07, 6.45) is 4.18. The lowest BCUT2D eigenvalue weighted by molar-refractivity contribution is -0.128. The van der Waals surface area contributed by atoms with Crippen LogP contribution in [0.3, 0.4) is 0 Å². The zero-order valence-electron chi connectivity index (χ0n) is 18.0. The number of benzene rings is 2. The van der Waals surface area contributed by atoms with Crippen LogP contribution < -0.4 is 10.2 Å². The van der Waals surface area contributed by atoms with Crippen molar-refractivity contribution in [2.45, 2.75) is 39.0 Å². The number of hydrogen-bond acceptors (Lipinski definition) is 3. The van der Waals surface area contributed by atoms with Crippen LogP contribution >= 0.6 is 0 Å². The second-order valence-corrected chi connectivity index (χ2v) is 8.35. The molecule has 1 atom stereocenters. The molecule has 2 aromatic rings. The van der Waals surface area contributed by atoms with E-state index in [9.17, 15) is 14.4 Å². The molecule has 2 heterocycles. The highest BCUT2D eigenvalue weighted by Crippen LogP contribution is 2.28. The maximum atomic E-state index is 13.1. The van der Waals surface area contributed by atoms with E-state index in [2.05, 4.69) is 18.3 Å². The average Bonchev–Trinajstić information content (AvgIpc) is 3.18. The lowest BCUT2D eigenvalue weighted by atomic mass is 10.0. The first kappa shape index (κ1) is 21.1. The van der Waals surface area contributed by atoms with Crippen LogP contribution in [-0.2, 0) is 16.0 Å². The van der Waals surface area contributed by atoms with Crippen LogP contribution in [-0.4, -0.2) is 42.3 Å². The van der Waals surface area contributed by atoms with Gasteiger partial charge in [0.05, 0.1) is 5.92 Å². The first-order valence-electron chi connectivity index (χ1n) is 11.1. The van der Waals surface area contributed by atoms with Crippen LogP contribution in [0.1, 0.15) is 48.5 Å². The highest BCUT2D eigenvalue weighted by atomic mass is 16.2. The van der Waals surface area contributed by atoms with Crippen LogP contribution in [0.15, 0.2) is 48.5 Å². The monoisotopic (exact) mass is 419 g/mol. The number of likely N-dealkylation sites (tertiary alicyclic amines) is 1. The van der Waals surface area contributed by atoms with Gasteiger partial charge in [0.15, 0.2) is 0 Å². The minimum atomic E-state index is -0.324. The number of rotatable bonds is 6. The Balaban J connectivity index is 1.38. The molecule has 0 aromatic heterocycles. The highest BCUT2D eigenvalue weighted by molar-refractivity contribution is 6.07. The van der Waals surface area contributed by atoms with Gasteiger partial charge in [0, 0.05) is 43.0 Å². The number of nitrogens with one attached hydrogen (secondary N) is 1. The molecule has 1 unspecified atom stereocenters. The zero-order chi connectivity index (χ0) is 21.8. The Labute approximate surface area is 183 Å². The minimum absolute atomic E-state index is 0.0296. The Bertz CT molecular complexity index is 970. The topological polar surface area (TPSA) is 69.7 Å². The summed E-state index contributed by atoms with van der Waals surface area (Å²) in [5, 5.41) is 2.90. The van der Waals surface area contributed by atoms with Gasteiger partial charge in [-0.2, -0.15) is 0 Å². The molecule has 1 saturated heterocycles.